The van der Waals surface area contributed by atoms with Gasteiger partial charge in [-0.25, -0.2) is 0 Å². The summed E-state index contributed by atoms with van der Waals surface area (Å²) in [4.78, 5) is 16.0. The van der Waals surface area contributed by atoms with Crippen LogP contribution in [0.1, 0.15) is 20.8 Å². The zero-order chi connectivity index (χ0) is 10.8. The topological polar surface area (TPSA) is 49.6 Å². The number of nitrogens with zero attached hydrogens (tertiary/aromatic N) is 2. The lowest BCUT2D eigenvalue weighted by atomic mass is 10.0. The van der Waals surface area contributed by atoms with E-state index in [9.17, 15) is 4.79 Å². The van der Waals surface area contributed by atoms with Crippen LogP contribution in [0.3, 0.4) is 0 Å². The molecule has 0 spiro atoms. The van der Waals surface area contributed by atoms with Crippen LogP contribution in [-0.4, -0.2) is 54.0 Å². The van der Waals surface area contributed by atoms with Gasteiger partial charge in [-0.1, -0.05) is 6.92 Å². The van der Waals surface area contributed by atoms with Crippen LogP contribution in [0.15, 0.2) is 0 Å². The third-order valence-corrected chi connectivity index (χ3v) is 2.66. The molecule has 0 radical (unpaired) electrons. The third kappa shape index (κ3) is 2.69. The fraction of sp³-hybridized carbons (Fsp3) is 0.900. The molecular formula is C10H21N3O. The zero-order valence-corrected chi connectivity index (χ0v) is 9.42. The highest BCUT2D eigenvalue weighted by Crippen LogP contribution is 2.08. The summed E-state index contributed by atoms with van der Waals surface area (Å²) in [5.74, 6) is 0.0632. The van der Waals surface area contributed by atoms with E-state index in [-0.39, 0.29) is 5.91 Å². The van der Waals surface area contributed by atoms with Gasteiger partial charge in [0.25, 0.3) is 0 Å². The third-order valence-electron chi connectivity index (χ3n) is 2.66. The fourth-order valence-corrected chi connectivity index (χ4v) is 1.67. The number of hydrogen-bond donors (Lipinski definition) is 1. The normalized spacial score (nSPS) is 19.9. The number of likely N-dealkylation sites (N-methyl/N-ethyl adjacent to an activating group) is 1. The summed E-state index contributed by atoms with van der Waals surface area (Å²) in [6, 6.07) is 0. The molecule has 14 heavy (non-hydrogen) atoms. The van der Waals surface area contributed by atoms with E-state index in [2.05, 4.69) is 11.8 Å². The van der Waals surface area contributed by atoms with E-state index in [0.717, 1.165) is 32.7 Å². The monoisotopic (exact) mass is 199 g/mol. The second kappa shape index (κ2) is 4.28. The molecule has 1 aliphatic rings. The van der Waals surface area contributed by atoms with Crippen LogP contribution in [-0.2, 0) is 4.79 Å². The van der Waals surface area contributed by atoms with Gasteiger partial charge in [-0.2, -0.15) is 0 Å². The maximum atomic E-state index is 11.8. The molecule has 4 nitrogen and oxygen atoms in total. The predicted octanol–water partition coefficient (Wildman–Crippen LogP) is -0.112. The number of carbonyl (C=O) groups excluding carboxylic acids is 1. The zero-order valence-electron chi connectivity index (χ0n) is 9.42. The van der Waals surface area contributed by atoms with Gasteiger partial charge in [0.2, 0.25) is 5.91 Å². The van der Waals surface area contributed by atoms with Gasteiger partial charge >= 0.3 is 0 Å². The molecule has 0 aromatic heterocycles. The van der Waals surface area contributed by atoms with Crippen molar-refractivity contribution in [3.05, 3.63) is 0 Å². The van der Waals surface area contributed by atoms with Gasteiger partial charge in [0.15, 0.2) is 0 Å². The molecule has 0 saturated carbocycles. The Morgan fingerprint density at radius 1 is 1.29 bits per heavy atom. The van der Waals surface area contributed by atoms with E-state index in [1.165, 1.54) is 0 Å². The van der Waals surface area contributed by atoms with Crippen molar-refractivity contribution in [3.8, 4) is 0 Å². The van der Waals surface area contributed by atoms with Gasteiger partial charge in [0.05, 0.1) is 5.54 Å². The lowest BCUT2D eigenvalue weighted by Gasteiger charge is -2.37. The van der Waals surface area contributed by atoms with Crippen LogP contribution in [0, 0.1) is 0 Å². The number of nitrogens with two attached hydrogens (primary N) is 1. The Hall–Kier alpha value is -0.610. The van der Waals surface area contributed by atoms with Crippen LogP contribution >= 0.6 is 0 Å². The molecule has 0 bridgehead atoms. The lowest BCUT2D eigenvalue weighted by molar-refractivity contribution is -0.137. The number of carbonyl (C=O) groups is 1. The molecule has 1 heterocycles. The molecule has 4 heteroatoms. The smallest absolute Gasteiger partial charge is 0.242 e. The Kier molecular flexibility index (Phi) is 3.50. The molecule has 1 fully saturated rings. The van der Waals surface area contributed by atoms with E-state index in [1.807, 2.05) is 4.90 Å². The molecule has 2 N–H and O–H groups in total. The van der Waals surface area contributed by atoms with Crippen molar-refractivity contribution >= 4 is 5.91 Å². The second-order valence-corrected chi connectivity index (χ2v) is 4.45. The maximum Gasteiger partial charge on any atom is 0.242 e. The maximum absolute atomic E-state index is 11.8. The Morgan fingerprint density at radius 3 is 2.14 bits per heavy atom. The largest absolute Gasteiger partial charge is 0.339 e. The summed E-state index contributed by atoms with van der Waals surface area (Å²) in [5, 5.41) is 0. The summed E-state index contributed by atoms with van der Waals surface area (Å²) < 4.78 is 0. The minimum Gasteiger partial charge on any atom is -0.339 e. The first kappa shape index (κ1) is 11.5. The summed E-state index contributed by atoms with van der Waals surface area (Å²) in [6.45, 7) is 10.3. The molecule has 1 amide bonds. The van der Waals surface area contributed by atoms with Crippen molar-refractivity contribution in [1.29, 1.82) is 0 Å². The molecule has 1 aliphatic heterocycles. The molecule has 0 unspecified atom stereocenters. The van der Waals surface area contributed by atoms with Crippen LogP contribution in [0.2, 0.25) is 0 Å². The van der Waals surface area contributed by atoms with E-state index in [0.29, 0.717) is 0 Å². The van der Waals surface area contributed by atoms with Crippen molar-refractivity contribution in [3.63, 3.8) is 0 Å². The lowest BCUT2D eigenvalue weighted by Crippen LogP contribution is -2.56. The van der Waals surface area contributed by atoms with Crippen molar-refractivity contribution in [2.45, 2.75) is 26.3 Å². The van der Waals surface area contributed by atoms with Crippen LogP contribution < -0.4 is 5.73 Å². The quantitative estimate of drug-likeness (QED) is 0.675. The second-order valence-electron chi connectivity index (χ2n) is 4.45. The van der Waals surface area contributed by atoms with Crippen molar-refractivity contribution in [1.82, 2.24) is 9.80 Å². The van der Waals surface area contributed by atoms with E-state index >= 15 is 0 Å². The van der Waals surface area contributed by atoms with Gasteiger partial charge in [-0.05, 0) is 20.4 Å². The van der Waals surface area contributed by atoms with Gasteiger partial charge in [-0.3, -0.25) is 4.79 Å². The van der Waals surface area contributed by atoms with Gasteiger partial charge in [0.1, 0.15) is 0 Å². The van der Waals surface area contributed by atoms with E-state index in [4.69, 9.17) is 5.73 Å². The highest BCUT2D eigenvalue weighted by Gasteiger charge is 2.29. The average Bonchev–Trinajstić information content (AvgIpc) is 2.15. The first-order valence-corrected chi connectivity index (χ1v) is 5.25. The Bertz CT molecular complexity index is 202. The predicted molar refractivity (Wildman–Crippen MR) is 57.0 cm³/mol. The standard InChI is InChI=1S/C10H21N3O/c1-4-12-5-7-13(8-6-12)9(14)10(2,3)11/h4-8,11H2,1-3H3. The van der Waals surface area contributed by atoms with Crippen molar-refractivity contribution < 1.29 is 4.79 Å². The Labute approximate surface area is 86.0 Å². The first-order valence-electron chi connectivity index (χ1n) is 5.25. The molecule has 0 aliphatic carbocycles. The number of amides is 1. The van der Waals surface area contributed by atoms with Crippen LogP contribution in [0.4, 0.5) is 0 Å². The highest BCUT2D eigenvalue weighted by molar-refractivity contribution is 5.85. The minimum absolute atomic E-state index is 0.0632. The minimum atomic E-state index is -0.728. The summed E-state index contributed by atoms with van der Waals surface area (Å²) in [5.41, 5.74) is 5.04. The van der Waals surface area contributed by atoms with Crippen LogP contribution in [0.5, 0.6) is 0 Å². The molecule has 0 aromatic rings. The SMILES string of the molecule is CCN1CCN(C(=O)C(C)(C)N)CC1. The van der Waals surface area contributed by atoms with Gasteiger partial charge in [0, 0.05) is 26.2 Å². The van der Waals surface area contributed by atoms with Crippen molar-refractivity contribution in [2.24, 2.45) is 5.73 Å². The number of piperazine rings is 1. The van der Waals surface area contributed by atoms with E-state index in [1.54, 1.807) is 13.8 Å². The summed E-state index contributed by atoms with van der Waals surface area (Å²) in [7, 11) is 0. The average molecular weight is 199 g/mol. The molecule has 0 atom stereocenters. The number of hydrogen-bond acceptors (Lipinski definition) is 3. The summed E-state index contributed by atoms with van der Waals surface area (Å²) in [6.07, 6.45) is 0. The molecule has 1 rings (SSSR count). The van der Waals surface area contributed by atoms with Crippen molar-refractivity contribution in [2.75, 3.05) is 32.7 Å². The fourth-order valence-electron chi connectivity index (χ4n) is 1.67. The van der Waals surface area contributed by atoms with Gasteiger partial charge in [-0.15, -0.1) is 0 Å². The van der Waals surface area contributed by atoms with Gasteiger partial charge < -0.3 is 15.5 Å². The molecule has 82 valence electrons. The van der Waals surface area contributed by atoms with Crippen LogP contribution in [0.25, 0.3) is 0 Å². The molecule has 0 aromatic carbocycles. The Balaban J connectivity index is 2.46. The number of rotatable bonds is 2. The molecular weight excluding hydrogens is 178 g/mol. The highest BCUT2D eigenvalue weighted by atomic mass is 16.2. The Morgan fingerprint density at radius 2 is 1.79 bits per heavy atom. The van der Waals surface area contributed by atoms with E-state index < -0.39 is 5.54 Å². The molecule has 1 saturated heterocycles. The first-order chi connectivity index (χ1) is 6.45. The summed E-state index contributed by atoms with van der Waals surface area (Å²) >= 11 is 0.